The molecule has 4 rings (SSSR count). The number of amides is 1. The molecule has 2 aromatic carbocycles. The molecule has 0 atom stereocenters. The molecule has 1 N–H and O–H groups in total. The molecule has 0 saturated carbocycles. The van der Waals surface area contributed by atoms with Crippen LogP contribution in [0.4, 0.5) is 24.5 Å². The van der Waals surface area contributed by atoms with Crippen molar-refractivity contribution in [3.63, 3.8) is 0 Å². The first kappa shape index (κ1) is 20.6. The number of hydrogen-bond donors (Lipinski definition) is 1. The zero-order valence-corrected chi connectivity index (χ0v) is 16.5. The monoisotopic (exact) mass is 445 g/mol. The fraction of sp³-hybridized carbons (Fsp3) is 0.0476. The number of hydrogen-bond acceptors (Lipinski definition) is 4. The summed E-state index contributed by atoms with van der Waals surface area (Å²) in [4.78, 5) is 17.8. The van der Waals surface area contributed by atoms with Gasteiger partial charge in [0.25, 0.3) is 15.9 Å². The number of sulfonamides is 1. The third-order valence-corrected chi connectivity index (χ3v) is 6.08. The van der Waals surface area contributed by atoms with Gasteiger partial charge < -0.3 is 0 Å². The van der Waals surface area contributed by atoms with E-state index in [4.69, 9.17) is 0 Å². The Morgan fingerprint density at radius 1 is 1.00 bits per heavy atom. The maximum absolute atomic E-state index is 12.9. The molecule has 0 radical (unpaired) electrons. The maximum atomic E-state index is 12.9. The van der Waals surface area contributed by atoms with E-state index in [1.807, 2.05) is 0 Å². The quantitative estimate of drug-likeness (QED) is 0.640. The lowest BCUT2D eigenvalue weighted by atomic mass is 10.1. The molecule has 158 valence electrons. The van der Waals surface area contributed by atoms with Crippen molar-refractivity contribution < 1.29 is 26.4 Å². The van der Waals surface area contributed by atoms with Crippen LogP contribution in [-0.2, 0) is 16.2 Å². The highest BCUT2D eigenvalue weighted by molar-refractivity contribution is 7.92. The van der Waals surface area contributed by atoms with Gasteiger partial charge in [-0.05, 0) is 48.5 Å². The standard InChI is InChI=1S/C21H14F3N3O3S/c1-13-19-17(20(28)27(13)15-4-3-11-25-12-15)5-2-6-18(19)26-31(29,30)16-9-7-14(8-10-16)21(22,23)24/h2-12,26H,1H2. The summed E-state index contributed by atoms with van der Waals surface area (Å²) in [6, 6.07) is 10.9. The van der Waals surface area contributed by atoms with Gasteiger partial charge >= 0.3 is 6.18 Å². The summed E-state index contributed by atoms with van der Waals surface area (Å²) < 4.78 is 66.2. The van der Waals surface area contributed by atoms with Gasteiger partial charge in [0.2, 0.25) is 0 Å². The number of rotatable bonds is 4. The number of halogens is 3. The molecule has 0 fully saturated rings. The van der Waals surface area contributed by atoms with Gasteiger partial charge in [0, 0.05) is 11.8 Å². The summed E-state index contributed by atoms with van der Waals surface area (Å²) in [7, 11) is -4.22. The summed E-state index contributed by atoms with van der Waals surface area (Å²) in [6.07, 6.45) is -1.56. The molecule has 6 nitrogen and oxygen atoms in total. The van der Waals surface area contributed by atoms with Crippen LogP contribution in [0.1, 0.15) is 21.5 Å². The third kappa shape index (κ3) is 3.66. The van der Waals surface area contributed by atoms with Crippen LogP contribution in [0.3, 0.4) is 0 Å². The number of fused-ring (bicyclic) bond motifs is 1. The Kier molecular flexibility index (Phi) is 4.81. The second-order valence-electron chi connectivity index (χ2n) is 6.65. The number of nitrogens with zero attached hydrogens (tertiary/aromatic N) is 2. The minimum atomic E-state index is -4.58. The number of carbonyl (C=O) groups excluding carboxylic acids is 1. The second kappa shape index (κ2) is 7.24. The van der Waals surface area contributed by atoms with E-state index in [9.17, 15) is 26.4 Å². The van der Waals surface area contributed by atoms with Crippen molar-refractivity contribution in [2.45, 2.75) is 11.1 Å². The molecule has 10 heteroatoms. The van der Waals surface area contributed by atoms with Crippen LogP contribution < -0.4 is 9.62 Å². The van der Waals surface area contributed by atoms with Crippen molar-refractivity contribution in [1.29, 1.82) is 0 Å². The van der Waals surface area contributed by atoms with E-state index in [1.165, 1.54) is 29.3 Å². The van der Waals surface area contributed by atoms with E-state index >= 15 is 0 Å². The molecule has 0 unspecified atom stereocenters. The Hall–Kier alpha value is -3.66. The van der Waals surface area contributed by atoms with Gasteiger partial charge in [-0.2, -0.15) is 13.2 Å². The first-order chi connectivity index (χ1) is 14.6. The average molecular weight is 445 g/mol. The molecule has 1 amide bonds. The molecule has 1 aromatic heterocycles. The Balaban J connectivity index is 1.70. The van der Waals surface area contributed by atoms with Crippen molar-refractivity contribution in [2.24, 2.45) is 0 Å². The van der Waals surface area contributed by atoms with Crippen molar-refractivity contribution in [1.82, 2.24) is 4.98 Å². The molecule has 2 heterocycles. The number of alkyl halides is 3. The lowest BCUT2D eigenvalue weighted by molar-refractivity contribution is -0.137. The lowest BCUT2D eigenvalue weighted by Gasteiger charge is -2.17. The SMILES string of the molecule is C=C1c2c(NS(=O)(=O)c3ccc(C(F)(F)F)cc3)cccc2C(=O)N1c1cccnc1. The first-order valence-corrected chi connectivity index (χ1v) is 10.3. The van der Waals surface area contributed by atoms with Crippen LogP contribution >= 0.6 is 0 Å². The predicted octanol–water partition coefficient (Wildman–Crippen LogP) is 4.53. The molecular formula is C21H14F3N3O3S. The van der Waals surface area contributed by atoms with Gasteiger partial charge in [0.15, 0.2) is 0 Å². The van der Waals surface area contributed by atoms with Crippen LogP contribution in [0.15, 0.2) is 78.5 Å². The highest BCUT2D eigenvalue weighted by Crippen LogP contribution is 2.40. The molecule has 3 aromatic rings. The van der Waals surface area contributed by atoms with E-state index in [0.717, 1.165) is 12.1 Å². The average Bonchev–Trinajstić information content (AvgIpc) is 2.99. The van der Waals surface area contributed by atoms with Crippen molar-refractivity contribution in [3.8, 4) is 0 Å². The number of aromatic nitrogens is 1. The fourth-order valence-corrected chi connectivity index (χ4v) is 4.34. The minimum absolute atomic E-state index is 0.0853. The predicted molar refractivity (Wildman–Crippen MR) is 109 cm³/mol. The van der Waals surface area contributed by atoms with E-state index < -0.39 is 27.7 Å². The van der Waals surface area contributed by atoms with Crippen LogP contribution in [0.2, 0.25) is 0 Å². The Labute approximate surface area is 175 Å². The molecule has 0 bridgehead atoms. The topological polar surface area (TPSA) is 79.4 Å². The summed E-state index contributed by atoms with van der Waals surface area (Å²) >= 11 is 0. The number of nitrogens with one attached hydrogen (secondary N) is 1. The zero-order valence-electron chi connectivity index (χ0n) is 15.7. The van der Waals surface area contributed by atoms with Crippen molar-refractivity contribution in [2.75, 3.05) is 9.62 Å². The molecular weight excluding hydrogens is 431 g/mol. The smallest absolute Gasteiger partial charge is 0.279 e. The van der Waals surface area contributed by atoms with Crippen LogP contribution in [-0.4, -0.2) is 19.3 Å². The Morgan fingerprint density at radius 2 is 1.71 bits per heavy atom. The molecule has 31 heavy (non-hydrogen) atoms. The van der Waals surface area contributed by atoms with Crippen LogP contribution in [0.25, 0.3) is 5.70 Å². The summed E-state index contributed by atoms with van der Waals surface area (Å²) in [5.74, 6) is -0.399. The second-order valence-corrected chi connectivity index (χ2v) is 8.34. The maximum Gasteiger partial charge on any atom is 0.416 e. The number of anilines is 2. The van der Waals surface area contributed by atoms with E-state index in [1.54, 1.807) is 18.3 Å². The fourth-order valence-electron chi connectivity index (χ4n) is 3.27. The van der Waals surface area contributed by atoms with Gasteiger partial charge in [0.1, 0.15) is 0 Å². The van der Waals surface area contributed by atoms with Gasteiger partial charge in [-0.3, -0.25) is 19.4 Å². The Morgan fingerprint density at radius 3 is 2.32 bits per heavy atom. The molecule has 0 saturated heterocycles. The Bertz CT molecular complexity index is 1290. The highest BCUT2D eigenvalue weighted by Gasteiger charge is 2.35. The molecule has 1 aliphatic heterocycles. The van der Waals surface area contributed by atoms with E-state index in [0.29, 0.717) is 17.8 Å². The van der Waals surface area contributed by atoms with Crippen LogP contribution in [0, 0.1) is 0 Å². The van der Waals surface area contributed by atoms with Gasteiger partial charge in [-0.1, -0.05) is 12.6 Å². The first-order valence-electron chi connectivity index (χ1n) is 8.86. The van der Waals surface area contributed by atoms with Crippen LogP contribution in [0.5, 0.6) is 0 Å². The summed E-state index contributed by atoms with van der Waals surface area (Å²) in [6.45, 7) is 3.92. The highest BCUT2D eigenvalue weighted by atomic mass is 32.2. The number of carbonyl (C=O) groups is 1. The van der Waals surface area contributed by atoms with Crippen molar-refractivity contribution >= 4 is 33.0 Å². The van der Waals surface area contributed by atoms with Gasteiger partial charge in [-0.15, -0.1) is 0 Å². The van der Waals surface area contributed by atoms with E-state index in [2.05, 4.69) is 16.3 Å². The number of benzene rings is 2. The van der Waals surface area contributed by atoms with E-state index in [-0.39, 0.29) is 27.4 Å². The largest absolute Gasteiger partial charge is 0.416 e. The minimum Gasteiger partial charge on any atom is -0.279 e. The normalized spacial score (nSPS) is 14.0. The van der Waals surface area contributed by atoms with Gasteiger partial charge in [0.05, 0.1) is 39.3 Å². The number of pyridine rings is 1. The van der Waals surface area contributed by atoms with Gasteiger partial charge in [-0.25, -0.2) is 8.42 Å². The lowest BCUT2D eigenvalue weighted by Crippen LogP contribution is -2.21. The summed E-state index contributed by atoms with van der Waals surface area (Å²) in [5.41, 5.74) is 0.359. The molecule has 1 aliphatic rings. The molecule has 0 aliphatic carbocycles. The molecule has 0 spiro atoms. The zero-order chi connectivity index (χ0) is 22.4. The van der Waals surface area contributed by atoms with Crippen molar-refractivity contribution in [3.05, 3.63) is 90.3 Å². The summed E-state index contributed by atoms with van der Waals surface area (Å²) in [5, 5.41) is 0. The third-order valence-electron chi connectivity index (χ3n) is 4.70.